The Morgan fingerprint density at radius 1 is 1.30 bits per heavy atom. The van der Waals surface area contributed by atoms with Gasteiger partial charge in [0.05, 0.1) is 6.20 Å². The zero-order chi connectivity index (χ0) is 6.81. The van der Waals surface area contributed by atoms with E-state index in [0.717, 1.165) is 0 Å². The SMILES string of the molecule is [c]1coc(-c2ncco2)n1. The lowest BCUT2D eigenvalue weighted by atomic mass is 10.7. The zero-order valence-corrected chi connectivity index (χ0v) is 4.94. The van der Waals surface area contributed by atoms with E-state index >= 15 is 0 Å². The fourth-order valence-electron chi connectivity index (χ4n) is 0.621. The number of hydrogen-bond acceptors (Lipinski definition) is 4. The Morgan fingerprint density at radius 3 is 2.90 bits per heavy atom. The molecule has 0 saturated heterocycles. The highest BCUT2D eigenvalue weighted by atomic mass is 16.4. The minimum absolute atomic E-state index is 0.352. The van der Waals surface area contributed by atoms with Gasteiger partial charge in [0.15, 0.2) is 0 Å². The Hall–Kier alpha value is -1.58. The van der Waals surface area contributed by atoms with Gasteiger partial charge in [0, 0.05) is 0 Å². The molecule has 49 valence electrons. The van der Waals surface area contributed by atoms with Crippen molar-refractivity contribution in [2.24, 2.45) is 0 Å². The van der Waals surface area contributed by atoms with Crippen molar-refractivity contribution >= 4 is 0 Å². The number of aromatic nitrogens is 2. The molecule has 0 unspecified atom stereocenters. The van der Waals surface area contributed by atoms with Gasteiger partial charge in [-0.2, -0.15) is 0 Å². The highest BCUT2D eigenvalue weighted by Gasteiger charge is 2.05. The quantitative estimate of drug-likeness (QED) is 0.588. The van der Waals surface area contributed by atoms with Gasteiger partial charge < -0.3 is 8.83 Å². The first-order valence-corrected chi connectivity index (χ1v) is 2.68. The van der Waals surface area contributed by atoms with Crippen molar-refractivity contribution in [2.75, 3.05) is 0 Å². The van der Waals surface area contributed by atoms with Gasteiger partial charge in [-0.25, -0.2) is 9.97 Å². The second-order valence-corrected chi connectivity index (χ2v) is 1.62. The van der Waals surface area contributed by atoms with E-state index in [9.17, 15) is 0 Å². The first-order valence-electron chi connectivity index (χ1n) is 2.68. The molecule has 0 bridgehead atoms. The minimum Gasteiger partial charge on any atom is -0.441 e. The number of oxazole rings is 2. The van der Waals surface area contributed by atoms with Crippen molar-refractivity contribution in [2.45, 2.75) is 0 Å². The van der Waals surface area contributed by atoms with Crippen LogP contribution in [0, 0.1) is 6.20 Å². The molecule has 2 rings (SSSR count). The Morgan fingerprint density at radius 2 is 2.30 bits per heavy atom. The molecule has 2 aromatic rings. The number of rotatable bonds is 1. The molecule has 0 spiro atoms. The van der Waals surface area contributed by atoms with Crippen LogP contribution in [0.1, 0.15) is 0 Å². The average Bonchev–Trinajstić information content (AvgIpc) is 2.59. The lowest BCUT2D eigenvalue weighted by Gasteiger charge is -1.81. The van der Waals surface area contributed by atoms with Crippen LogP contribution in [0.4, 0.5) is 0 Å². The van der Waals surface area contributed by atoms with Gasteiger partial charge >= 0.3 is 0 Å². The van der Waals surface area contributed by atoms with E-state index in [2.05, 4.69) is 16.2 Å². The summed E-state index contributed by atoms with van der Waals surface area (Å²) in [6.07, 6.45) is 6.83. The predicted octanol–water partition coefficient (Wildman–Crippen LogP) is 1.13. The van der Waals surface area contributed by atoms with Crippen molar-refractivity contribution in [1.82, 2.24) is 9.97 Å². The Labute approximate surface area is 56.5 Å². The van der Waals surface area contributed by atoms with Gasteiger partial charge in [0.1, 0.15) is 18.7 Å². The summed E-state index contributed by atoms with van der Waals surface area (Å²) >= 11 is 0. The molecule has 0 saturated carbocycles. The van der Waals surface area contributed by atoms with Crippen molar-refractivity contribution < 1.29 is 8.83 Å². The van der Waals surface area contributed by atoms with Crippen LogP contribution in [0.25, 0.3) is 11.8 Å². The van der Waals surface area contributed by atoms with E-state index in [1.807, 2.05) is 0 Å². The summed E-state index contributed by atoms with van der Waals surface area (Å²) in [5, 5.41) is 0. The lowest BCUT2D eigenvalue weighted by Crippen LogP contribution is -1.73. The van der Waals surface area contributed by atoms with Crippen LogP contribution < -0.4 is 0 Å². The molecule has 4 nitrogen and oxygen atoms in total. The molecule has 0 atom stereocenters. The molecule has 0 amide bonds. The second kappa shape index (κ2) is 1.98. The third-order valence-electron chi connectivity index (χ3n) is 1.00. The van der Waals surface area contributed by atoms with Gasteiger partial charge in [-0.3, -0.25) is 0 Å². The van der Waals surface area contributed by atoms with Gasteiger partial charge in [-0.1, -0.05) is 0 Å². The van der Waals surface area contributed by atoms with Gasteiger partial charge in [-0.05, 0) is 0 Å². The summed E-state index contributed by atoms with van der Waals surface area (Å²) in [6.45, 7) is 0. The molecule has 10 heavy (non-hydrogen) atoms. The summed E-state index contributed by atoms with van der Waals surface area (Å²) < 4.78 is 9.75. The molecule has 0 aromatic carbocycles. The molecule has 2 heterocycles. The topological polar surface area (TPSA) is 52.1 Å². The minimum atomic E-state index is 0.352. The maximum Gasteiger partial charge on any atom is 0.284 e. The third-order valence-corrected chi connectivity index (χ3v) is 1.00. The van der Waals surface area contributed by atoms with E-state index in [0.29, 0.717) is 11.8 Å². The number of hydrogen-bond donors (Lipinski definition) is 0. The molecule has 0 aliphatic heterocycles. The van der Waals surface area contributed by atoms with E-state index in [1.165, 1.54) is 18.7 Å². The molecular formula is C6H3N2O2. The highest BCUT2D eigenvalue weighted by molar-refractivity contribution is 5.34. The Kier molecular flexibility index (Phi) is 1.04. The van der Waals surface area contributed by atoms with Crippen molar-refractivity contribution in [1.29, 1.82) is 0 Å². The zero-order valence-electron chi connectivity index (χ0n) is 4.94. The van der Waals surface area contributed by atoms with Crippen LogP contribution in [0.3, 0.4) is 0 Å². The van der Waals surface area contributed by atoms with Gasteiger partial charge in [0.25, 0.3) is 11.8 Å². The van der Waals surface area contributed by atoms with Crippen molar-refractivity contribution in [3.63, 3.8) is 0 Å². The normalized spacial score (nSPS) is 10.0. The van der Waals surface area contributed by atoms with E-state index < -0.39 is 0 Å². The average molecular weight is 135 g/mol. The van der Waals surface area contributed by atoms with E-state index in [-0.39, 0.29) is 0 Å². The van der Waals surface area contributed by atoms with Gasteiger partial charge in [-0.15, -0.1) is 0 Å². The summed E-state index contributed by atoms with van der Waals surface area (Å²) in [6, 6.07) is 0. The highest BCUT2D eigenvalue weighted by Crippen LogP contribution is 2.12. The molecule has 4 heteroatoms. The first-order chi connectivity index (χ1) is 4.97. The smallest absolute Gasteiger partial charge is 0.284 e. The Balaban J connectivity index is 2.48. The van der Waals surface area contributed by atoms with Crippen LogP contribution in [0.5, 0.6) is 0 Å². The second-order valence-electron chi connectivity index (χ2n) is 1.62. The molecule has 0 aliphatic carbocycles. The van der Waals surface area contributed by atoms with Gasteiger partial charge in [0.2, 0.25) is 0 Å². The summed E-state index contributed by atoms with van der Waals surface area (Å²) in [5.41, 5.74) is 0. The molecule has 0 N–H and O–H groups in total. The van der Waals surface area contributed by atoms with Crippen LogP contribution >= 0.6 is 0 Å². The summed E-state index contributed by atoms with van der Waals surface area (Å²) in [5.74, 6) is 0.728. The monoisotopic (exact) mass is 135 g/mol. The van der Waals surface area contributed by atoms with Crippen LogP contribution in [0.15, 0.2) is 27.6 Å². The summed E-state index contributed by atoms with van der Waals surface area (Å²) in [4.78, 5) is 7.53. The van der Waals surface area contributed by atoms with Crippen molar-refractivity contribution in [3.05, 3.63) is 24.9 Å². The third kappa shape index (κ3) is 0.699. The molecular weight excluding hydrogens is 132 g/mol. The van der Waals surface area contributed by atoms with Crippen LogP contribution in [0.2, 0.25) is 0 Å². The van der Waals surface area contributed by atoms with E-state index in [4.69, 9.17) is 8.83 Å². The van der Waals surface area contributed by atoms with Crippen molar-refractivity contribution in [3.8, 4) is 11.8 Å². The van der Waals surface area contributed by atoms with Crippen LogP contribution in [-0.2, 0) is 0 Å². The molecule has 0 aliphatic rings. The fraction of sp³-hybridized carbons (Fsp3) is 0. The largest absolute Gasteiger partial charge is 0.441 e. The molecule has 2 aromatic heterocycles. The predicted molar refractivity (Wildman–Crippen MR) is 30.8 cm³/mol. The lowest BCUT2D eigenvalue weighted by molar-refractivity contribution is 0.510. The number of nitrogens with zero attached hydrogens (tertiary/aromatic N) is 2. The maximum atomic E-state index is 4.89. The maximum absolute atomic E-state index is 4.89. The van der Waals surface area contributed by atoms with Crippen LogP contribution in [-0.4, -0.2) is 9.97 Å². The molecule has 1 radical (unpaired) electrons. The Bertz CT molecular complexity index is 253. The summed E-state index contributed by atoms with van der Waals surface area (Å²) in [7, 11) is 0. The first kappa shape index (κ1) is 5.22. The van der Waals surface area contributed by atoms with E-state index in [1.54, 1.807) is 0 Å². The standard InChI is InChI=1S/C6H3N2O2/c1-3-9-5(7-1)6-8-2-4-10-6/h1,3-4H. The molecule has 0 fully saturated rings. The fourth-order valence-corrected chi connectivity index (χ4v) is 0.621.